The van der Waals surface area contributed by atoms with Crippen molar-refractivity contribution < 1.29 is 14.3 Å². The Bertz CT molecular complexity index is 873. The van der Waals surface area contributed by atoms with E-state index in [1.54, 1.807) is 20.4 Å². The van der Waals surface area contributed by atoms with Crippen molar-refractivity contribution in [2.24, 2.45) is 0 Å². The third kappa shape index (κ3) is 4.09. The van der Waals surface area contributed by atoms with Gasteiger partial charge in [-0.3, -0.25) is 9.89 Å². The molecule has 0 bridgehead atoms. The van der Waals surface area contributed by atoms with Gasteiger partial charge in [-0.1, -0.05) is 6.07 Å². The zero-order valence-electron chi connectivity index (χ0n) is 14.3. The molecule has 2 N–H and O–H groups in total. The molecule has 1 aromatic heterocycles. The highest BCUT2D eigenvalue weighted by Crippen LogP contribution is 2.28. The standard InChI is InChI=1S/C19H21N3O3/c1-24-17-9-6-13(10-18(17)25-2)4-3-5-19(23)21-15-8-7-14-12-20-22-16(14)11-15/h6-12H,3-5H2,1-2H3,(H,20,22)(H,21,23). The molecule has 25 heavy (non-hydrogen) atoms. The van der Waals surface area contributed by atoms with Crippen LogP contribution in [0.3, 0.4) is 0 Å². The fraction of sp³-hybridized carbons (Fsp3) is 0.263. The molecule has 2 aromatic carbocycles. The molecule has 1 amide bonds. The highest BCUT2D eigenvalue weighted by molar-refractivity contribution is 5.93. The fourth-order valence-electron chi connectivity index (χ4n) is 2.73. The minimum atomic E-state index is -0.000609. The molecule has 0 spiro atoms. The Morgan fingerprint density at radius 1 is 1.12 bits per heavy atom. The van der Waals surface area contributed by atoms with Crippen LogP contribution in [0.1, 0.15) is 18.4 Å². The van der Waals surface area contributed by atoms with Crippen LogP contribution in [0.5, 0.6) is 11.5 Å². The Labute approximate surface area is 146 Å². The first-order valence-electron chi connectivity index (χ1n) is 8.13. The number of rotatable bonds is 7. The topological polar surface area (TPSA) is 76.2 Å². The lowest BCUT2D eigenvalue weighted by molar-refractivity contribution is -0.116. The van der Waals surface area contributed by atoms with Crippen molar-refractivity contribution in [3.63, 3.8) is 0 Å². The summed E-state index contributed by atoms with van der Waals surface area (Å²) in [4.78, 5) is 12.1. The van der Waals surface area contributed by atoms with E-state index in [0.29, 0.717) is 17.9 Å². The summed E-state index contributed by atoms with van der Waals surface area (Å²) in [6.07, 6.45) is 3.76. The SMILES string of the molecule is COc1ccc(CCCC(=O)Nc2ccc3cn[nH]c3c2)cc1OC. The first kappa shape index (κ1) is 16.8. The van der Waals surface area contributed by atoms with E-state index in [1.165, 1.54) is 0 Å². The maximum absolute atomic E-state index is 12.1. The van der Waals surface area contributed by atoms with Crippen molar-refractivity contribution in [1.82, 2.24) is 10.2 Å². The number of nitrogens with zero attached hydrogens (tertiary/aromatic N) is 1. The molecule has 6 heteroatoms. The van der Waals surface area contributed by atoms with E-state index in [4.69, 9.17) is 9.47 Å². The average molecular weight is 339 g/mol. The summed E-state index contributed by atoms with van der Waals surface area (Å²) in [7, 11) is 3.23. The lowest BCUT2D eigenvalue weighted by atomic mass is 10.1. The van der Waals surface area contributed by atoms with Gasteiger partial charge in [-0.25, -0.2) is 0 Å². The van der Waals surface area contributed by atoms with Gasteiger partial charge in [0.15, 0.2) is 11.5 Å². The Kier molecular flexibility index (Phi) is 5.18. The van der Waals surface area contributed by atoms with Crippen LogP contribution in [0.2, 0.25) is 0 Å². The summed E-state index contributed by atoms with van der Waals surface area (Å²) in [5.41, 5.74) is 2.79. The number of fused-ring (bicyclic) bond motifs is 1. The molecule has 0 fully saturated rings. The minimum Gasteiger partial charge on any atom is -0.493 e. The number of ether oxygens (including phenoxy) is 2. The molecule has 6 nitrogen and oxygen atoms in total. The zero-order valence-corrected chi connectivity index (χ0v) is 14.3. The van der Waals surface area contributed by atoms with E-state index >= 15 is 0 Å². The van der Waals surface area contributed by atoms with Crippen molar-refractivity contribution >= 4 is 22.5 Å². The molecular formula is C19H21N3O3. The van der Waals surface area contributed by atoms with Gasteiger partial charge in [0.05, 0.1) is 25.9 Å². The van der Waals surface area contributed by atoms with Crippen LogP contribution in [-0.4, -0.2) is 30.3 Å². The molecule has 0 saturated carbocycles. The number of nitrogens with one attached hydrogen (secondary N) is 2. The van der Waals surface area contributed by atoms with Gasteiger partial charge >= 0.3 is 0 Å². The van der Waals surface area contributed by atoms with Crippen LogP contribution in [0.4, 0.5) is 5.69 Å². The lowest BCUT2D eigenvalue weighted by Gasteiger charge is -2.09. The number of methoxy groups -OCH3 is 2. The molecule has 0 aliphatic carbocycles. The van der Waals surface area contributed by atoms with Crippen LogP contribution in [0.15, 0.2) is 42.6 Å². The predicted octanol–water partition coefficient (Wildman–Crippen LogP) is 3.54. The third-order valence-corrected chi connectivity index (χ3v) is 4.04. The molecule has 1 heterocycles. The van der Waals surface area contributed by atoms with Gasteiger partial charge in [-0.15, -0.1) is 0 Å². The minimum absolute atomic E-state index is 0.000609. The molecule has 3 rings (SSSR count). The Hall–Kier alpha value is -3.02. The van der Waals surface area contributed by atoms with Gasteiger partial charge in [0.2, 0.25) is 5.91 Å². The summed E-state index contributed by atoms with van der Waals surface area (Å²) in [6, 6.07) is 11.5. The molecule has 0 saturated heterocycles. The number of hydrogen-bond acceptors (Lipinski definition) is 4. The monoisotopic (exact) mass is 339 g/mol. The molecule has 3 aromatic rings. The smallest absolute Gasteiger partial charge is 0.224 e. The second kappa shape index (κ2) is 7.70. The Morgan fingerprint density at radius 3 is 2.76 bits per heavy atom. The van der Waals surface area contributed by atoms with Gasteiger partial charge in [-0.05, 0) is 48.7 Å². The summed E-state index contributed by atoms with van der Waals surface area (Å²) in [5, 5.41) is 10.8. The zero-order chi connectivity index (χ0) is 17.6. The number of aryl methyl sites for hydroxylation is 1. The first-order valence-corrected chi connectivity index (χ1v) is 8.13. The normalized spacial score (nSPS) is 10.6. The molecule has 0 aliphatic heterocycles. The second-order valence-electron chi connectivity index (χ2n) is 5.76. The number of aromatic nitrogens is 2. The molecular weight excluding hydrogens is 318 g/mol. The van der Waals surface area contributed by atoms with Gasteiger partial charge in [-0.2, -0.15) is 5.10 Å². The van der Waals surface area contributed by atoms with E-state index in [0.717, 1.165) is 35.0 Å². The highest BCUT2D eigenvalue weighted by atomic mass is 16.5. The molecule has 130 valence electrons. The van der Waals surface area contributed by atoms with Gasteiger partial charge in [0.1, 0.15) is 0 Å². The average Bonchev–Trinajstić information content (AvgIpc) is 3.09. The number of benzene rings is 2. The van der Waals surface area contributed by atoms with Gasteiger partial charge < -0.3 is 14.8 Å². The number of amides is 1. The van der Waals surface area contributed by atoms with Crippen LogP contribution in [0, 0.1) is 0 Å². The largest absolute Gasteiger partial charge is 0.493 e. The van der Waals surface area contributed by atoms with E-state index in [9.17, 15) is 4.79 Å². The first-order chi connectivity index (χ1) is 12.2. The maximum atomic E-state index is 12.1. The van der Waals surface area contributed by atoms with Crippen molar-refractivity contribution in [2.75, 3.05) is 19.5 Å². The van der Waals surface area contributed by atoms with Crippen molar-refractivity contribution in [2.45, 2.75) is 19.3 Å². The van der Waals surface area contributed by atoms with E-state index in [2.05, 4.69) is 15.5 Å². The summed E-state index contributed by atoms with van der Waals surface area (Å²) in [6.45, 7) is 0. The van der Waals surface area contributed by atoms with Gasteiger partial charge in [0, 0.05) is 17.5 Å². The van der Waals surface area contributed by atoms with E-state index < -0.39 is 0 Å². The van der Waals surface area contributed by atoms with E-state index in [-0.39, 0.29) is 5.91 Å². The number of carbonyl (C=O) groups is 1. The van der Waals surface area contributed by atoms with Gasteiger partial charge in [0.25, 0.3) is 0 Å². The van der Waals surface area contributed by atoms with Crippen LogP contribution >= 0.6 is 0 Å². The van der Waals surface area contributed by atoms with Crippen molar-refractivity contribution in [1.29, 1.82) is 0 Å². The van der Waals surface area contributed by atoms with Crippen molar-refractivity contribution in [3.8, 4) is 11.5 Å². The fourth-order valence-corrected chi connectivity index (χ4v) is 2.73. The molecule has 0 aliphatic rings. The number of anilines is 1. The Morgan fingerprint density at radius 2 is 1.96 bits per heavy atom. The lowest BCUT2D eigenvalue weighted by Crippen LogP contribution is -2.11. The van der Waals surface area contributed by atoms with Crippen LogP contribution < -0.4 is 14.8 Å². The molecule has 0 unspecified atom stereocenters. The van der Waals surface area contributed by atoms with Crippen molar-refractivity contribution in [3.05, 3.63) is 48.2 Å². The number of H-pyrrole nitrogens is 1. The molecule has 0 atom stereocenters. The molecule has 0 radical (unpaired) electrons. The predicted molar refractivity (Wildman–Crippen MR) is 97.2 cm³/mol. The quantitative estimate of drug-likeness (QED) is 0.690. The maximum Gasteiger partial charge on any atom is 0.224 e. The summed E-state index contributed by atoms with van der Waals surface area (Å²) in [5.74, 6) is 1.41. The van der Waals surface area contributed by atoms with Crippen LogP contribution in [0.25, 0.3) is 10.9 Å². The number of carbonyl (C=O) groups excluding carboxylic acids is 1. The number of aromatic amines is 1. The highest BCUT2D eigenvalue weighted by Gasteiger charge is 2.07. The summed E-state index contributed by atoms with van der Waals surface area (Å²) < 4.78 is 10.5. The van der Waals surface area contributed by atoms with E-state index in [1.807, 2.05) is 36.4 Å². The Balaban J connectivity index is 1.52. The number of hydrogen-bond donors (Lipinski definition) is 2. The second-order valence-corrected chi connectivity index (χ2v) is 5.76. The third-order valence-electron chi connectivity index (χ3n) is 4.04. The summed E-state index contributed by atoms with van der Waals surface area (Å²) >= 11 is 0. The van der Waals surface area contributed by atoms with Crippen LogP contribution in [-0.2, 0) is 11.2 Å².